The Morgan fingerprint density at radius 2 is 1.72 bits per heavy atom. The molecule has 0 radical (unpaired) electrons. The Hall–Kier alpha value is -0.683. The molecule has 1 aliphatic rings. The minimum Gasteiger partial charge on any atom is -0.388 e. The van der Waals surface area contributed by atoms with Crippen molar-refractivity contribution in [1.29, 1.82) is 0 Å². The summed E-state index contributed by atoms with van der Waals surface area (Å²) in [5.74, 6) is 0. The number of ether oxygens (including phenoxy) is 1. The van der Waals surface area contributed by atoms with Crippen LogP contribution in [0.5, 0.6) is 0 Å². The van der Waals surface area contributed by atoms with Gasteiger partial charge in [0.25, 0.3) is 0 Å². The molecule has 5 unspecified atom stereocenters. The van der Waals surface area contributed by atoms with Crippen LogP contribution in [0.25, 0.3) is 0 Å². The molecule has 0 saturated carbocycles. The first-order valence-electron chi connectivity index (χ1n) is 8.56. The number of carbonyl (C=O) groups excluding carboxylic acids is 1. The zero-order valence-corrected chi connectivity index (χ0v) is 16.0. The summed E-state index contributed by atoms with van der Waals surface area (Å²) in [7, 11) is -3.05. The molecule has 3 N–H and O–H groups in total. The number of aliphatic imine (C=N–C) groups is 1. The lowest BCUT2D eigenvalue weighted by atomic mass is 9.96. The Morgan fingerprint density at radius 3 is 2.28 bits per heavy atom. The van der Waals surface area contributed by atoms with E-state index in [1.54, 1.807) is 6.92 Å². The second kappa shape index (κ2) is 11.1. The van der Waals surface area contributed by atoms with Crippen LogP contribution in [0.1, 0.15) is 27.2 Å². The number of hydrogen-bond donors (Lipinski definition) is 3. The molecule has 0 aliphatic carbocycles. The molecule has 1 heterocycles. The molecule has 9 nitrogen and oxygen atoms in total. The molecule has 0 aromatic carbocycles. The molecule has 0 bridgehead atoms. The third-order valence-electron chi connectivity index (χ3n) is 3.96. The van der Waals surface area contributed by atoms with Crippen molar-refractivity contribution < 1.29 is 38.1 Å². The van der Waals surface area contributed by atoms with Crippen LogP contribution in [0.15, 0.2) is 4.99 Å². The molecular formula is C15H29NO8Si. The van der Waals surface area contributed by atoms with Gasteiger partial charge in [-0.2, -0.15) is 0 Å². The number of aliphatic hydroxyl groups is 3. The van der Waals surface area contributed by atoms with E-state index in [9.17, 15) is 20.1 Å². The summed E-state index contributed by atoms with van der Waals surface area (Å²) in [6.07, 6.45) is -3.17. The van der Waals surface area contributed by atoms with Crippen molar-refractivity contribution in [2.45, 2.75) is 63.8 Å². The lowest BCUT2D eigenvalue weighted by Crippen LogP contribution is -2.59. The van der Waals surface area contributed by atoms with E-state index in [1.165, 1.54) is 6.08 Å². The molecule has 0 aromatic rings. The highest BCUT2D eigenvalue weighted by Crippen LogP contribution is 2.24. The standard InChI is InChI=1S/C15H29NO8Si/c1-4-21-25(22-5-2,8-6-7-16-10-17)23-9-12-14(19)15(20)13(18)11(3)24-12/h11-15,18-20H,4-9H2,1-3H3. The molecule has 0 amide bonds. The average molecular weight is 379 g/mol. The molecule has 1 aliphatic heterocycles. The Morgan fingerprint density at radius 1 is 1.08 bits per heavy atom. The van der Waals surface area contributed by atoms with Gasteiger partial charge >= 0.3 is 8.80 Å². The van der Waals surface area contributed by atoms with Crippen LogP contribution >= 0.6 is 0 Å². The molecule has 1 fully saturated rings. The summed E-state index contributed by atoms with van der Waals surface area (Å²) in [4.78, 5) is 13.7. The number of aliphatic hydroxyl groups excluding tert-OH is 3. The van der Waals surface area contributed by atoms with Crippen LogP contribution in [0.4, 0.5) is 0 Å². The van der Waals surface area contributed by atoms with Crippen LogP contribution in [-0.2, 0) is 22.8 Å². The van der Waals surface area contributed by atoms with E-state index in [-0.39, 0.29) is 6.61 Å². The van der Waals surface area contributed by atoms with Crippen LogP contribution in [0, 0.1) is 0 Å². The Bertz CT molecular complexity index is 428. The number of rotatable bonds is 11. The first-order valence-corrected chi connectivity index (χ1v) is 10.5. The average Bonchev–Trinajstić information content (AvgIpc) is 2.59. The molecule has 10 heteroatoms. The molecule has 25 heavy (non-hydrogen) atoms. The van der Waals surface area contributed by atoms with Crippen molar-refractivity contribution in [3.05, 3.63) is 0 Å². The summed E-state index contributed by atoms with van der Waals surface area (Å²) >= 11 is 0. The summed E-state index contributed by atoms with van der Waals surface area (Å²) in [6.45, 7) is 6.28. The van der Waals surface area contributed by atoms with E-state index in [1.807, 2.05) is 13.8 Å². The van der Waals surface area contributed by atoms with Crippen molar-refractivity contribution in [2.24, 2.45) is 4.99 Å². The lowest BCUT2D eigenvalue weighted by Gasteiger charge is -2.40. The molecule has 5 atom stereocenters. The quantitative estimate of drug-likeness (QED) is 0.192. The highest BCUT2D eigenvalue weighted by atomic mass is 28.4. The first-order chi connectivity index (χ1) is 11.9. The van der Waals surface area contributed by atoms with E-state index in [0.29, 0.717) is 32.2 Å². The van der Waals surface area contributed by atoms with Crippen molar-refractivity contribution >= 4 is 14.9 Å². The van der Waals surface area contributed by atoms with E-state index in [4.69, 9.17) is 18.0 Å². The van der Waals surface area contributed by atoms with Crippen LogP contribution < -0.4 is 0 Å². The number of nitrogens with zero attached hydrogens (tertiary/aromatic N) is 1. The summed E-state index contributed by atoms with van der Waals surface area (Å²) < 4.78 is 23.0. The SMILES string of the molecule is CCO[Si](CCCN=C=O)(OCC)OCC1OC(C)C(O)C(O)C1O. The largest absolute Gasteiger partial charge is 0.501 e. The normalized spacial score (nSPS) is 30.1. The van der Waals surface area contributed by atoms with E-state index in [2.05, 4.69) is 4.99 Å². The van der Waals surface area contributed by atoms with Gasteiger partial charge in [0, 0.05) is 19.3 Å². The van der Waals surface area contributed by atoms with E-state index in [0.717, 1.165) is 0 Å². The minimum atomic E-state index is -3.05. The minimum absolute atomic E-state index is 0.0432. The fourth-order valence-electron chi connectivity index (χ4n) is 2.68. The number of hydrogen-bond acceptors (Lipinski definition) is 9. The predicted octanol–water partition coefficient (Wildman–Crippen LogP) is -0.389. The van der Waals surface area contributed by atoms with Gasteiger partial charge in [-0.05, 0) is 27.2 Å². The van der Waals surface area contributed by atoms with Crippen LogP contribution in [0.2, 0.25) is 6.04 Å². The summed E-state index contributed by atoms with van der Waals surface area (Å²) in [5, 5.41) is 29.7. The molecule has 0 aromatic heterocycles. The third kappa shape index (κ3) is 6.52. The summed E-state index contributed by atoms with van der Waals surface area (Å²) in [6, 6.07) is 0.448. The highest BCUT2D eigenvalue weighted by molar-refractivity contribution is 6.60. The zero-order valence-electron chi connectivity index (χ0n) is 15.0. The Labute approximate surface area is 148 Å². The van der Waals surface area contributed by atoms with Gasteiger partial charge in [0.2, 0.25) is 6.08 Å². The predicted molar refractivity (Wildman–Crippen MR) is 89.7 cm³/mol. The second-order valence-corrected chi connectivity index (χ2v) is 8.52. The fraction of sp³-hybridized carbons (Fsp3) is 0.933. The Balaban J connectivity index is 2.73. The second-order valence-electron chi connectivity index (χ2n) is 5.79. The molecular weight excluding hydrogens is 350 g/mol. The zero-order chi connectivity index (χ0) is 18.9. The van der Waals surface area contributed by atoms with Crippen molar-refractivity contribution in [1.82, 2.24) is 0 Å². The first kappa shape index (κ1) is 22.4. The van der Waals surface area contributed by atoms with Crippen LogP contribution in [-0.4, -0.2) is 87.1 Å². The maximum Gasteiger partial charge on any atom is 0.501 e. The van der Waals surface area contributed by atoms with Gasteiger partial charge in [0.15, 0.2) is 0 Å². The monoisotopic (exact) mass is 379 g/mol. The maximum atomic E-state index is 10.2. The van der Waals surface area contributed by atoms with E-state index >= 15 is 0 Å². The van der Waals surface area contributed by atoms with Gasteiger partial charge in [-0.1, -0.05) is 0 Å². The molecule has 0 spiro atoms. The fourth-order valence-corrected chi connectivity index (χ4v) is 5.26. The van der Waals surface area contributed by atoms with Gasteiger partial charge < -0.3 is 33.3 Å². The van der Waals surface area contributed by atoms with Crippen LogP contribution in [0.3, 0.4) is 0 Å². The number of isocyanates is 1. The van der Waals surface area contributed by atoms with Crippen molar-refractivity contribution in [3.8, 4) is 0 Å². The van der Waals surface area contributed by atoms with Crippen molar-refractivity contribution in [3.63, 3.8) is 0 Å². The smallest absolute Gasteiger partial charge is 0.388 e. The third-order valence-corrected chi connectivity index (χ3v) is 6.99. The molecule has 1 rings (SSSR count). The van der Waals surface area contributed by atoms with E-state index < -0.39 is 39.3 Å². The molecule has 1 saturated heterocycles. The molecule has 146 valence electrons. The van der Waals surface area contributed by atoms with Gasteiger partial charge in [-0.15, -0.1) is 0 Å². The van der Waals surface area contributed by atoms with Gasteiger partial charge in [-0.3, -0.25) is 0 Å². The van der Waals surface area contributed by atoms with Crippen molar-refractivity contribution in [2.75, 3.05) is 26.4 Å². The lowest BCUT2D eigenvalue weighted by molar-refractivity contribution is -0.224. The van der Waals surface area contributed by atoms with Gasteiger partial charge in [0.05, 0.1) is 19.3 Å². The maximum absolute atomic E-state index is 10.2. The Kier molecular flexibility index (Phi) is 9.94. The van der Waals surface area contributed by atoms with Gasteiger partial charge in [0.1, 0.15) is 24.4 Å². The summed E-state index contributed by atoms with van der Waals surface area (Å²) in [5.41, 5.74) is 0. The highest BCUT2D eigenvalue weighted by Gasteiger charge is 2.45. The topological polar surface area (TPSA) is 127 Å². The van der Waals surface area contributed by atoms with Gasteiger partial charge in [-0.25, -0.2) is 9.79 Å².